The standard InChI is InChI=1S/C11H19N3O/c1-3-12-11-13-9(2)8-14(11)10-4-6-15-7-5-10/h8,10H,3-7H2,1-2H3,(H,12,13). The van der Waals surface area contributed by atoms with Crippen molar-refractivity contribution in [2.75, 3.05) is 25.1 Å². The van der Waals surface area contributed by atoms with E-state index in [1.54, 1.807) is 0 Å². The predicted molar refractivity (Wildman–Crippen MR) is 60.2 cm³/mol. The highest BCUT2D eigenvalue weighted by atomic mass is 16.5. The number of hydrogen-bond acceptors (Lipinski definition) is 3. The van der Waals surface area contributed by atoms with Crippen molar-refractivity contribution in [3.05, 3.63) is 11.9 Å². The van der Waals surface area contributed by atoms with Crippen LogP contribution in [0.1, 0.15) is 31.5 Å². The molecule has 4 heteroatoms. The monoisotopic (exact) mass is 209 g/mol. The van der Waals surface area contributed by atoms with Crippen LogP contribution >= 0.6 is 0 Å². The lowest BCUT2D eigenvalue weighted by atomic mass is 10.1. The smallest absolute Gasteiger partial charge is 0.203 e. The van der Waals surface area contributed by atoms with Crippen molar-refractivity contribution in [3.8, 4) is 0 Å². The van der Waals surface area contributed by atoms with Crippen LogP contribution in [0.25, 0.3) is 0 Å². The Bertz CT molecular complexity index is 316. The Labute approximate surface area is 90.6 Å². The molecule has 4 nitrogen and oxygen atoms in total. The van der Waals surface area contributed by atoms with E-state index in [0.717, 1.165) is 44.2 Å². The van der Waals surface area contributed by atoms with Crippen LogP contribution in [0.3, 0.4) is 0 Å². The molecule has 0 spiro atoms. The number of nitrogens with zero attached hydrogens (tertiary/aromatic N) is 2. The largest absolute Gasteiger partial charge is 0.381 e. The van der Waals surface area contributed by atoms with Crippen LogP contribution in [0, 0.1) is 6.92 Å². The van der Waals surface area contributed by atoms with Gasteiger partial charge in [0.2, 0.25) is 5.95 Å². The minimum atomic E-state index is 0.550. The summed E-state index contributed by atoms with van der Waals surface area (Å²) in [7, 11) is 0. The van der Waals surface area contributed by atoms with Crippen molar-refractivity contribution in [2.45, 2.75) is 32.7 Å². The molecule has 1 N–H and O–H groups in total. The lowest BCUT2D eigenvalue weighted by Gasteiger charge is -2.24. The minimum Gasteiger partial charge on any atom is -0.381 e. The highest BCUT2D eigenvalue weighted by molar-refractivity contribution is 5.29. The van der Waals surface area contributed by atoms with Crippen LogP contribution in [0.4, 0.5) is 5.95 Å². The molecular weight excluding hydrogens is 190 g/mol. The van der Waals surface area contributed by atoms with Gasteiger partial charge in [-0.25, -0.2) is 4.98 Å². The lowest BCUT2D eigenvalue weighted by molar-refractivity contribution is 0.0700. The number of rotatable bonds is 3. The maximum atomic E-state index is 5.37. The normalized spacial score (nSPS) is 18.0. The summed E-state index contributed by atoms with van der Waals surface area (Å²) in [5.74, 6) is 1.00. The Morgan fingerprint density at radius 2 is 2.27 bits per heavy atom. The third-order valence-electron chi connectivity index (χ3n) is 2.77. The third-order valence-corrected chi connectivity index (χ3v) is 2.77. The quantitative estimate of drug-likeness (QED) is 0.827. The zero-order valence-corrected chi connectivity index (χ0v) is 9.49. The van der Waals surface area contributed by atoms with Crippen LogP contribution < -0.4 is 5.32 Å². The zero-order chi connectivity index (χ0) is 10.7. The van der Waals surface area contributed by atoms with Gasteiger partial charge < -0.3 is 14.6 Å². The number of nitrogens with one attached hydrogen (secondary N) is 1. The van der Waals surface area contributed by atoms with Gasteiger partial charge in [0.15, 0.2) is 0 Å². The molecule has 2 heterocycles. The first kappa shape index (κ1) is 10.5. The third kappa shape index (κ3) is 2.31. The number of aromatic nitrogens is 2. The van der Waals surface area contributed by atoms with Crippen LogP contribution in [-0.4, -0.2) is 29.3 Å². The van der Waals surface area contributed by atoms with Gasteiger partial charge in [0, 0.05) is 32.0 Å². The molecule has 1 saturated heterocycles. The molecule has 0 saturated carbocycles. The first-order valence-electron chi connectivity index (χ1n) is 5.68. The average Bonchev–Trinajstić information content (AvgIpc) is 2.62. The molecule has 84 valence electrons. The van der Waals surface area contributed by atoms with Crippen molar-refractivity contribution < 1.29 is 4.74 Å². The van der Waals surface area contributed by atoms with E-state index in [1.165, 1.54) is 0 Å². The number of anilines is 1. The highest BCUT2D eigenvalue weighted by Gasteiger charge is 2.18. The minimum absolute atomic E-state index is 0.550. The van der Waals surface area contributed by atoms with Gasteiger partial charge in [-0.3, -0.25) is 0 Å². The molecule has 0 bridgehead atoms. The Morgan fingerprint density at radius 1 is 1.53 bits per heavy atom. The van der Waals surface area contributed by atoms with Gasteiger partial charge in [0.05, 0.1) is 5.69 Å². The number of ether oxygens (including phenoxy) is 1. The molecular formula is C11H19N3O. The van der Waals surface area contributed by atoms with Crippen LogP contribution in [-0.2, 0) is 4.74 Å². The van der Waals surface area contributed by atoms with Crippen LogP contribution in [0.2, 0.25) is 0 Å². The summed E-state index contributed by atoms with van der Waals surface area (Å²) in [6, 6.07) is 0.550. The Morgan fingerprint density at radius 3 is 2.93 bits per heavy atom. The van der Waals surface area contributed by atoms with Gasteiger partial charge in [-0.2, -0.15) is 0 Å². The summed E-state index contributed by atoms with van der Waals surface area (Å²) < 4.78 is 7.64. The Balaban J connectivity index is 2.17. The maximum Gasteiger partial charge on any atom is 0.203 e. The first-order chi connectivity index (χ1) is 7.31. The molecule has 0 aromatic carbocycles. The summed E-state index contributed by atoms with van der Waals surface area (Å²) >= 11 is 0. The summed E-state index contributed by atoms with van der Waals surface area (Å²) in [5.41, 5.74) is 1.08. The van der Waals surface area contributed by atoms with E-state index in [2.05, 4.69) is 28.0 Å². The fraction of sp³-hybridized carbons (Fsp3) is 0.727. The molecule has 1 aromatic rings. The molecule has 0 atom stereocenters. The number of hydrogen-bond donors (Lipinski definition) is 1. The van der Waals surface area contributed by atoms with Gasteiger partial charge in [-0.1, -0.05) is 0 Å². The van der Waals surface area contributed by atoms with E-state index in [9.17, 15) is 0 Å². The van der Waals surface area contributed by atoms with Crippen LogP contribution in [0.15, 0.2) is 6.20 Å². The molecule has 0 amide bonds. The molecule has 1 aromatic heterocycles. The second-order valence-electron chi connectivity index (χ2n) is 3.99. The predicted octanol–water partition coefficient (Wildman–Crippen LogP) is 1.97. The van der Waals surface area contributed by atoms with Crippen molar-refractivity contribution in [3.63, 3.8) is 0 Å². The van der Waals surface area contributed by atoms with Gasteiger partial charge in [0.25, 0.3) is 0 Å². The van der Waals surface area contributed by atoms with Crippen molar-refractivity contribution in [1.82, 2.24) is 9.55 Å². The maximum absolute atomic E-state index is 5.37. The molecule has 0 radical (unpaired) electrons. The first-order valence-corrected chi connectivity index (χ1v) is 5.68. The molecule has 0 aliphatic carbocycles. The van der Waals surface area contributed by atoms with E-state index >= 15 is 0 Å². The highest BCUT2D eigenvalue weighted by Crippen LogP contribution is 2.25. The summed E-state index contributed by atoms with van der Waals surface area (Å²) in [5, 5.41) is 3.31. The molecule has 1 fully saturated rings. The van der Waals surface area contributed by atoms with Gasteiger partial charge >= 0.3 is 0 Å². The van der Waals surface area contributed by atoms with Crippen molar-refractivity contribution in [2.24, 2.45) is 0 Å². The van der Waals surface area contributed by atoms with Gasteiger partial charge in [0.1, 0.15) is 0 Å². The number of aryl methyl sites for hydroxylation is 1. The molecule has 2 rings (SSSR count). The lowest BCUT2D eigenvalue weighted by Crippen LogP contribution is -2.20. The zero-order valence-electron chi connectivity index (χ0n) is 9.49. The molecule has 0 unspecified atom stereocenters. The van der Waals surface area contributed by atoms with Gasteiger partial charge in [-0.05, 0) is 26.7 Å². The second-order valence-corrected chi connectivity index (χ2v) is 3.99. The van der Waals surface area contributed by atoms with Crippen molar-refractivity contribution >= 4 is 5.95 Å². The molecule has 1 aliphatic rings. The fourth-order valence-electron chi connectivity index (χ4n) is 2.05. The fourth-order valence-corrected chi connectivity index (χ4v) is 2.05. The van der Waals surface area contributed by atoms with E-state index in [0.29, 0.717) is 6.04 Å². The van der Waals surface area contributed by atoms with Crippen LogP contribution in [0.5, 0.6) is 0 Å². The summed E-state index contributed by atoms with van der Waals surface area (Å²) in [4.78, 5) is 4.49. The second kappa shape index (κ2) is 4.66. The topological polar surface area (TPSA) is 39.1 Å². The SMILES string of the molecule is CCNc1nc(C)cn1C1CCOCC1. The number of imidazole rings is 1. The molecule has 1 aliphatic heterocycles. The van der Waals surface area contributed by atoms with E-state index in [-0.39, 0.29) is 0 Å². The summed E-state index contributed by atoms with van der Waals surface area (Å²) in [6.45, 7) is 6.79. The van der Waals surface area contributed by atoms with Crippen molar-refractivity contribution in [1.29, 1.82) is 0 Å². The van der Waals surface area contributed by atoms with E-state index in [4.69, 9.17) is 4.74 Å². The van der Waals surface area contributed by atoms with Gasteiger partial charge in [-0.15, -0.1) is 0 Å². The molecule has 15 heavy (non-hydrogen) atoms. The summed E-state index contributed by atoms with van der Waals surface area (Å²) in [6.07, 6.45) is 4.32. The Hall–Kier alpha value is -1.03. The van der Waals surface area contributed by atoms with E-state index < -0.39 is 0 Å². The Kier molecular flexibility index (Phi) is 3.26. The van der Waals surface area contributed by atoms with E-state index in [1.807, 2.05) is 6.92 Å². The average molecular weight is 209 g/mol.